The van der Waals surface area contributed by atoms with E-state index in [1.54, 1.807) is 4.46 Å². The molecule has 1 unspecified atom stereocenters. The van der Waals surface area contributed by atoms with E-state index in [-0.39, 0.29) is 0 Å². The molecule has 2 heteroatoms. The predicted molar refractivity (Wildman–Crippen MR) is 62.1 cm³/mol. The molecule has 1 fully saturated rings. The Hall–Kier alpha value is 0.0895. The van der Waals surface area contributed by atoms with Gasteiger partial charge in [0.2, 0.25) is 0 Å². The van der Waals surface area contributed by atoms with Gasteiger partial charge in [0.1, 0.15) is 0 Å². The van der Waals surface area contributed by atoms with Crippen LogP contribution in [-0.4, -0.2) is 26.5 Å². The van der Waals surface area contributed by atoms with E-state index in [9.17, 15) is 0 Å². The second kappa shape index (κ2) is 5.09. The van der Waals surface area contributed by atoms with Crippen LogP contribution in [0.1, 0.15) is 6.42 Å². The molecule has 0 aliphatic carbocycles. The predicted octanol–water partition coefficient (Wildman–Crippen LogP) is 2.19. The van der Waals surface area contributed by atoms with Gasteiger partial charge in [-0.2, -0.15) is 0 Å². The Morgan fingerprint density at radius 2 is 2.15 bits per heavy atom. The zero-order valence-electron chi connectivity index (χ0n) is 7.61. The van der Waals surface area contributed by atoms with E-state index in [1.165, 1.54) is 23.2 Å². The zero-order valence-corrected chi connectivity index (χ0v) is 10.1. The molecule has 1 aliphatic rings. The Morgan fingerprint density at radius 3 is 2.85 bits per heavy atom. The van der Waals surface area contributed by atoms with Crippen molar-refractivity contribution >= 4 is 31.2 Å². The molecule has 2 rings (SSSR count). The van der Waals surface area contributed by atoms with Crippen molar-refractivity contribution < 1.29 is 0 Å². The first-order valence-corrected chi connectivity index (χ1v) is 7.93. The SMILES string of the molecule is c1ccc([Se]CC2CCSC2)cc1. The Balaban J connectivity index is 1.79. The molecule has 0 nitrogen and oxygen atoms in total. The standard InChI is InChI=1S/C11H14SSe/c1-2-4-11(5-3-1)13-9-10-6-7-12-8-10/h1-5,10H,6-9H2. The van der Waals surface area contributed by atoms with Crippen LogP contribution in [-0.2, 0) is 0 Å². The van der Waals surface area contributed by atoms with Gasteiger partial charge in [-0.05, 0) is 0 Å². The summed E-state index contributed by atoms with van der Waals surface area (Å²) in [5, 5.41) is 1.45. The molecule has 0 aromatic heterocycles. The second-order valence-electron chi connectivity index (χ2n) is 3.35. The van der Waals surface area contributed by atoms with Crippen LogP contribution in [0.25, 0.3) is 0 Å². The third-order valence-corrected chi connectivity index (χ3v) is 6.09. The quantitative estimate of drug-likeness (QED) is 0.748. The second-order valence-corrected chi connectivity index (χ2v) is 6.80. The summed E-state index contributed by atoms with van der Waals surface area (Å²) in [6, 6.07) is 10.9. The van der Waals surface area contributed by atoms with E-state index in [0.717, 1.165) is 20.9 Å². The first-order chi connectivity index (χ1) is 6.45. The fourth-order valence-corrected chi connectivity index (χ4v) is 5.30. The van der Waals surface area contributed by atoms with Gasteiger partial charge in [-0.3, -0.25) is 0 Å². The van der Waals surface area contributed by atoms with Crippen molar-refractivity contribution in [2.45, 2.75) is 11.7 Å². The normalized spacial score (nSPS) is 22.0. The Kier molecular flexibility index (Phi) is 3.77. The van der Waals surface area contributed by atoms with E-state index in [4.69, 9.17) is 0 Å². The Labute approximate surface area is 90.7 Å². The summed E-state index contributed by atoms with van der Waals surface area (Å²) in [4.78, 5) is 0. The molecule has 1 heterocycles. The summed E-state index contributed by atoms with van der Waals surface area (Å²) in [6.45, 7) is 0. The molecular formula is C11H14SSe. The molecule has 1 aromatic rings. The maximum atomic E-state index is 2.27. The number of hydrogen-bond donors (Lipinski definition) is 0. The average molecular weight is 257 g/mol. The molecule has 0 spiro atoms. The summed E-state index contributed by atoms with van der Waals surface area (Å²) in [5.74, 6) is 3.83. The van der Waals surface area contributed by atoms with Crippen LogP contribution in [0.15, 0.2) is 30.3 Å². The zero-order chi connectivity index (χ0) is 8.93. The van der Waals surface area contributed by atoms with Crippen molar-refractivity contribution in [1.29, 1.82) is 0 Å². The van der Waals surface area contributed by atoms with Crippen LogP contribution in [0.4, 0.5) is 0 Å². The number of thioether (sulfide) groups is 1. The van der Waals surface area contributed by atoms with E-state index in [2.05, 4.69) is 42.1 Å². The van der Waals surface area contributed by atoms with E-state index in [1.807, 2.05) is 0 Å². The van der Waals surface area contributed by atoms with Crippen molar-refractivity contribution in [2.75, 3.05) is 11.5 Å². The van der Waals surface area contributed by atoms with Crippen molar-refractivity contribution in [3.05, 3.63) is 30.3 Å². The monoisotopic (exact) mass is 258 g/mol. The molecule has 0 amide bonds. The van der Waals surface area contributed by atoms with Crippen LogP contribution in [0.3, 0.4) is 0 Å². The van der Waals surface area contributed by atoms with Crippen LogP contribution >= 0.6 is 11.8 Å². The van der Waals surface area contributed by atoms with Crippen LogP contribution < -0.4 is 4.46 Å². The van der Waals surface area contributed by atoms with Gasteiger partial charge in [0.15, 0.2) is 0 Å². The molecule has 1 aromatic carbocycles. The van der Waals surface area contributed by atoms with E-state index < -0.39 is 0 Å². The minimum atomic E-state index is 0.719. The van der Waals surface area contributed by atoms with Gasteiger partial charge in [-0.1, -0.05) is 0 Å². The average Bonchev–Trinajstić information content (AvgIpc) is 2.69. The first-order valence-electron chi connectivity index (χ1n) is 4.71. The van der Waals surface area contributed by atoms with Gasteiger partial charge in [-0.15, -0.1) is 0 Å². The molecule has 70 valence electrons. The number of benzene rings is 1. The molecule has 0 bridgehead atoms. The van der Waals surface area contributed by atoms with Crippen molar-refractivity contribution in [3.63, 3.8) is 0 Å². The van der Waals surface area contributed by atoms with Gasteiger partial charge in [0, 0.05) is 0 Å². The number of rotatable bonds is 3. The summed E-state index contributed by atoms with van der Waals surface area (Å²) in [7, 11) is 0. The van der Waals surface area contributed by atoms with Gasteiger partial charge in [0.25, 0.3) is 0 Å². The molecule has 13 heavy (non-hydrogen) atoms. The fourth-order valence-electron chi connectivity index (χ4n) is 1.45. The molecular weight excluding hydrogens is 243 g/mol. The Bertz CT molecular complexity index is 242. The summed E-state index contributed by atoms with van der Waals surface area (Å²) in [5.41, 5.74) is 0. The maximum absolute atomic E-state index is 2.27. The molecule has 1 atom stereocenters. The molecule has 1 saturated heterocycles. The summed E-state index contributed by atoms with van der Waals surface area (Å²) >= 11 is 2.85. The molecule has 1 aliphatic heterocycles. The third-order valence-electron chi connectivity index (χ3n) is 2.25. The topological polar surface area (TPSA) is 0 Å². The van der Waals surface area contributed by atoms with Gasteiger partial charge >= 0.3 is 90.7 Å². The van der Waals surface area contributed by atoms with Gasteiger partial charge < -0.3 is 0 Å². The van der Waals surface area contributed by atoms with Crippen LogP contribution in [0.2, 0.25) is 5.32 Å². The van der Waals surface area contributed by atoms with Crippen molar-refractivity contribution in [1.82, 2.24) is 0 Å². The summed E-state index contributed by atoms with van der Waals surface area (Å²) < 4.78 is 1.56. The minimum absolute atomic E-state index is 0.719. The van der Waals surface area contributed by atoms with Gasteiger partial charge in [0.05, 0.1) is 0 Å². The first kappa shape index (κ1) is 9.64. The fraction of sp³-hybridized carbons (Fsp3) is 0.455. The molecule has 0 N–H and O–H groups in total. The molecule has 0 radical (unpaired) electrons. The molecule has 0 saturated carbocycles. The third kappa shape index (κ3) is 3.05. The van der Waals surface area contributed by atoms with Gasteiger partial charge in [-0.25, -0.2) is 0 Å². The summed E-state index contributed by atoms with van der Waals surface area (Å²) in [6.07, 6.45) is 1.46. The van der Waals surface area contributed by atoms with Crippen LogP contribution in [0.5, 0.6) is 0 Å². The van der Waals surface area contributed by atoms with Crippen molar-refractivity contribution in [3.8, 4) is 0 Å². The number of hydrogen-bond acceptors (Lipinski definition) is 1. The van der Waals surface area contributed by atoms with Crippen molar-refractivity contribution in [2.24, 2.45) is 5.92 Å². The van der Waals surface area contributed by atoms with E-state index in [0.29, 0.717) is 0 Å². The van der Waals surface area contributed by atoms with Crippen LogP contribution in [0, 0.1) is 5.92 Å². The Morgan fingerprint density at radius 1 is 1.31 bits per heavy atom. The van der Waals surface area contributed by atoms with E-state index >= 15 is 0 Å².